The molecule has 1 heterocycles. The maximum Gasteiger partial charge on any atom is 0.416 e. The molecule has 1 aromatic heterocycles. The molecule has 140 valence electrons. The molecule has 0 aliphatic carbocycles. The second-order valence-corrected chi connectivity index (χ2v) is 6.75. The number of rotatable bonds is 6. The minimum absolute atomic E-state index is 0.300. The largest absolute Gasteiger partial charge is 0.481 e. The highest BCUT2D eigenvalue weighted by molar-refractivity contribution is 7.89. The number of nitrogens with zero attached hydrogens (tertiary/aromatic N) is 1. The van der Waals surface area contributed by atoms with Gasteiger partial charge in [0.1, 0.15) is 0 Å². The summed E-state index contributed by atoms with van der Waals surface area (Å²) >= 11 is 0. The van der Waals surface area contributed by atoms with E-state index in [2.05, 4.69) is 10.3 Å². The first-order valence-corrected chi connectivity index (χ1v) is 8.57. The van der Waals surface area contributed by atoms with Crippen LogP contribution in [0.25, 0.3) is 0 Å². The highest BCUT2D eigenvalue weighted by atomic mass is 32.2. The SMILES string of the molecule is COc1ccc(NC(=O)CNS(=O)(=O)c2cccc(C(F)(F)F)c2)cn1. The van der Waals surface area contributed by atoms with Gasteiger partial charge in [0, 0.05) is 6.07 Å². The van der Waals surface area contributed by atoms with Gasteiger partial charge in [0.2, 0.25) is 21.8 Å². The lowest BCUT2D eigenvalue weighted by Crippen LogP contribution is -2.33. The van der Waals surface area contributed by atoms with Crippen molar-refractivity contribution >= 4 is 21.6 Å². The Morgan fingerprint density at radius 1 is 1.23 bits per heavy atom. The lowest BCUT2D eigenvalue weighted by molar-refractivity contribution is -0.137. The van der Waals surface area contributed by atoms with Crippen molar-refractivity contribution in [2.24, 2.45) is 0 Å². The van der Waals surface area contributed by atoms with Crippen LogP contribution in [0.5, 0.6) is 5.88 Å². The van der Waals surface area contributed by atoms with E-state index in [0.29, 0.717) is 17.6 Å². The number of amides is 1. The number of aromatic nitrogens is 1. The van der Waals surface area contributed by atoms with Crippen molar-refractivity contribution < 1.29 is 31.1 Å². The Bertz CT molecular complexity index is 884. The molecule has 1 aromatic carbocycles. The third-order valence-corrected chi connectivity index (χ3v) is 4.52. The average molecular weight is 389 g/mol. The van der Waals surface area contributed by atoms with E-state index in [1.54, 1.807) is 0 Å². The average Bonchev–Trinajstić information content (AvgIpc) is 2.60. The van der Waals surface area contributed by atoms with Crippen LogP contribution >= 0.6 is 0 Å². The molecule has 0 fully saturated rings. The molecular formula is C15H14F3N3O4S. The van der Waals surface area contributed by atoms with Crippen LogP contribution in [0.15, 0.2) is 47.5 Å². The van der Waals surface area contributed by atoms with E-state index in [9.17, 15) is 26.4 Å². The predicted octanol–water partition coefficient (Wildman–Crippen LogP) is 2.03. The zero-order valence-corrected chi connectivity index (χ0v) is 14.2. The Morgan fingerprint density at radius 2 is 1.96 bits per heavy atom. The Kier molecular flexibility index (Phi) is 5.83. The Labute approximate surface area is 147 Å². The van der Waals surface area contributed by atoms with E-state index in [1.807, 2.05) is 4.72 Å². The van der Waals surface area contributed by atoms with E-state index in [-0.39, 0.29) is 0 Å². The van der Waals surface area contributed by atoms with Crippen molar-refractivity contribution in [3.63, 3.8) is 0 Å². The van der Waals surface area contributed by atoms with Crippen LogP contribution in [-0.2, 0) is 21.0 Å². The summed E-state index contributed by atoms with van der Waals surface area (Å²) < 4.78 is 68.9. The number of nitrogens with one attached hydrogen (secondary N) is 2. The number of carbonyl (C=O) groups excluding carboxylic acids is 1. The zero-order chi connectivity index (χ0) is 19.4. The molecule has 11 heteroatoms. The van der Waals surface area contributed by atoms with Gasteiger partial charge in [0.15, 0.2) is 0 Å². The van der Waals surface area contributed by atoms with Crippen LogP contribution in [0, 0.1) is 0 Å². The lowest BCUT2D eigenvalue weighted by atomic mass is 10.2. The molecule has 0 radical (unpaired) electrons. The highest BCUT2D eigenvalue weighted by Gasteiger charge is 2.31. The van der Waals surface area contributed by atoms with Gasteiger partial charge in [-0.15, -0.1) is 0 Å². The third kappa shape index (κ3) is 5.17. The van der Waals surface area contributed by atoms with Crippen molar-refractivity contribution in [2.45, 2.75) is 11.1 Å². The van der Waals surface area contributed by atoms with Crippen molar-refractivity contribution in [1.29, 1.82) is 0 Å². The molecule has 7 nitrogen and oxygen atoms in total. The first-order valence-electron chi connectivity index (χ1n) is 7.08. The van der Waals surface area contributed by atoms with Gasteiger partial charge in [-0.05, 0) is 24.3 Å². The summed E-state index contributed by atoms with van der Waals surface area (Å²) in [4.78, 5) is 15.1. The Hall–Kier alpha value is -2.66. The fraction of sp³-hybridized carbons (Fsp3) is 0.200. The van der Waals surface area contributed by atoms with Crippen molar-refractivity contribution in [3.8, 4) is 5.88 Å². The Balaban J connectivity index is 2.02. The second-order valence-electron chi connectivity index (χ2n) is 4.99. The summed E-state index contributed by atoms with van der Waals surface area (Å²) in [7, 11) is -2.87. The van der Waals surface area contributed by atoms with Crippen LogP contribution in [0.1, 0.15) is 5.56 Å². The van der Waals surface area contributed by atoms with Crippen LogP contribution in [-0.4, -0.2) is 33.0 Å². The van der Waals surface area contributed by atoms with E-state index >= 15 is 0 Å². The summed E-state index contributed by atoms with van der Waals surface area (Å²) in [6.45, 7) is -0.662. The van der Waals surface area contributed by atoms with Gasteiger partial charge in [0.25, 0.3) is 0 Å². The van der Waals surface area contributed by atoms with Crippen LogP contribution in [0.2, 0.25) is 0 Å². The molecular weight excluding hydrogens is 375 g/mol. The van der Waals surface area contributed by atoms with Crippen molar-refractivity contribution in [2.75, 3.05) is 19.0 Å². The molecule has 2 N–H and O–H groups in total. The van der Waals surface area contributed by atoms with Gasteiger partial charge in [-0.3, -0.25) is 4.79 Å². The number of hydrogen-bond acceptors (Lipinski definition) is 5. The maximum atomic E-state index is 12.7. The van der Waals surface area contributed by atoms with E-state index in [0.717, 1.165) is 18.2 Å². The number of sulfonamides is 1. The second kappa shape index (κ2) is 7.70. The van der Waals surface area contributed by atoms with Gasteiger partial charge in [-0.1, -0.05) is 6.07 Å². The molecule has 0 saturated carbocycles. The van der Waals surface area contributed by atoms with E-state index < -0.39 is 39.1 Å². The molecule has 0 bridgehead atoms. The van der Waals surface area contributed by atoms with Crippen LogP contribution in [0.4, 0.5) is 18.9 Å². The summed E-state index contributed by atoms with van der Waals surface area (Å²) in [5.41, 5.74) is -0.803. The number of halogens is 3. The minimum Gasteiger partial charge on any atom is -0.481 e. The number of carbonyl (C=O) groups is 1. The number of anilines is 1. The smallest absolute Gasteiger partial charge is 0.416 e. The monoisotopic (exact) mass is 389 g/mol. The summed E-state index contributed by atoms with van der Waals surface area (Å²) in [6, 6.07) is 6.20. The molecule has 0 aliphatic rings. The number of hydrogen-bond donors (Lipinski definition) is 2. The molecule has 0 aliphatic heterocycles. The molecule has 26 heavy (non-hydrogen) atoms. The molecule has 0 unspecified atom stereocenters. The highest BCUT2D eigenvalue weighted by Crippen LogP contribution is 2.30. The van der Waals surface area contributed by atoms with E-state index in [4.69, 9.17) is 4.74 Å². The van der Waals surface area contributed by atoms with Gasteiger partial charge >= 0.3 is 6.18 Å². The van der Waals surface area contributed by atoms with Crippen LogP contribution in [0.3, 0.4) is 0 Å². The third-order valence-electron chi connectivity index (χ3n) is 3.12. The van der Waals surface area contributed by atoms with Gasteiger partial charge < -0.3 is 10.1 Å². The Morgan fingerprint density at radius 3 is 2.54 bits per heavy atom. The fourth-order valence-corrected chi connectivity index (χ4v) is 2.89. The molecule has 2 aromatic rings. The molecule has 1 amide bonds. The molecule has 2 rings (SSSR count). The number of benzene rings is 1. The van der Waals surface area contributed by atoms with Crippen molar-refractivity contribution in [1.82, 2.24) is 9.71 Å². The first-order chi connectivity index (χ1) is 12.1. The molecule has 0 saturated heterocycles. The lowest BCUT2D eigenvalue weighted by Gasteiger charge is -2.10. The predicted molar refractivity (Wildman–Crippen MR) is 86.1 cm³/mol. The van der Waals surface area contributed by atoms with E-state index in [1.165, 1.54) is 25.4 Å². The van der Waals surface area contributed by atoms with Crippen molar-refractivity contribution in [3.05, 3.63) is 48.2 Å². The summed E-state index contributed by atoms with van der Waals surface area (Å²) in [5, 5.41) is 2.39. The number of methoxy groups -OCH3 is 1. The zero-order valence-electron chi connectivity index (χ0n) is 13.4. The normalized spacial score (nSPS) is 11.8. The maximum absolute atomic E-state index is 12.7. The topological polar surface area (TPSA) is 97.4 Å². The summed E-state index contributed by atoms with van der Waals surface area (Å²) in [5.74, 6) is -0.388. The number of alkyl halides is 3. The first kappa shape index (κ1) is 19.7. The minimum atomic E-state index is -4.68. The van der Waals surface area contributed by atoms with Gasteiger partial charge in [0.05, 0.1) is 36.0 Å². The van der Waals surface area contributed by atoms with Gasteiger partial charge in [-0.25, -0.2) is 18.1 Å². The van der Waals surface area contributed by atoms with Gasteiger partial charge in [-0.2, -0.15) is 13.2 Å². The molecule has 0 spiro atoms. The summed E-state index contributed by atoms with van der Waals surface area (Å²) in [6.07, 6.45) is -3.37. The standard InChI is InChI=1S/C15H14F3N3O4S/c1-25-14-6-5-11(8-19-14)21-13(22)9-20-26(23,24)12-4-2-3-10(7-12)15(16,17)18/h2-8,20H,9H2,1H3,(H,21,22). The van der Waals surface area contributed by atoms with Crippen LogP contribution < -0.4 is 14.8 Å². The number of ether oxygens (including phenoxy) is 1. The fourth-order valence-electron chi connectivity index (χ4n) is 1.86. The quantitative estimate of drug-likeness (QED) is 0.788. The number of pyridine rings is 1. The molecule has 0 atom stereocenters.